The molecule has 144 valence electrons. The molecule has 27 heavy (non-hydrogen) atoms. The minimum absolute atomic E-state index is 0.187. The van der Waals surface area contributed by atoms with E-state index < -0.39 is 5.97 Å². The van der Waals surface area contributed by atoms with Crippen LogP contribution in [-0.2, 0) is 16.1 Å². The fraction of sp³-hybridized carbons (Fsp3) is 0.381. The van der Waals surface area contributed by atoms with E-state index in [-0.39, 0.29) is 35.4 Å². The average Bonchev–Trinajstić information content (AvgIpc) is 2.62. The molecule has 0 unspecified atom stereocenters. The quantitative estimate of drug-likeness (QED) is 0.789. The Hall–Kier alpha value is -2.89. The van der Waals surface area contributed by atoms with Crippen LogP contribution in [0.5, 0.6) is 0 Å². The minimum atomic E-state index is -0.559. The number of para-hydroxylation sites is 1. The third kappa shape index (κ3) is 4.84. The number of rotatable bonds is 6. The Morgan fingerprint density at radius 1 is 1.04 bits per heavy atom. The lowest BCUT2D eigenvalue weighted by molar-refractivity contribution is -0.116. The van der Waals surface area contributed by atoms with Crippen LogP contribution in [0.1, 0.15) is 61.0 Å². The van der Waals surface area contributed by atoms with E-state index >= 15 is 0 Å². The van der Waals surface area contributed by atoms with Crippen molar-refractivity contribution in [2.75, 3.05) is 12.4 Å². The standard InChI is InChI=1S/C21H26N2O4/c1-13(2)16-7-6-8-17(14(3)4)20(16)22-18(24)12-23-11-15(21(26)27-5)9-10-19(23)25/h6-11,13-14H,12H2,1-5H3,(H,22,24). The van der Waals surface area contributed by atoms with Crippen LogP contribution in [0.3, 0.4) is 0 Å². The first-order valence-corrected chi connectivity index (χ1v) is 8.96. The summed E-state index contributed by atoms with van der Waals surface area (Å²) in [5, 5.41) is 2.97. The maximum Gasteiger partial charge on any atom is 0.339 e. The Bertz CT molecular complexity index is 871. The second-order valence-electron chi connectivity index (χ2n) is 7.04. The largest absolute Gasteiger partial charge is 0.465 e. The zero-order chi connectivity index (χ0) is 20.1. The second kappa shape index (κ2) is 8.66. The number of ether oxygens (including phenoxy) is 1. The van der Waals surface area contributed by atoms with Crippen molar-refractivity contribution in [3.05, 3.63) is 63.6 Å². The number of benzene rings is 1. The van der Waals surface area contributed by atoms with Crippen LogP contribution >= 0.6 is 0 Å². The van der Waals surface area contributed by atoms with Gasteiger partial charge in [0, 0.05) is 18.0 Å². The summed E-state index contributed by atoms with van der Waals surface area (Å²) < 4.78 is 5.86. The van der Waals surface area contributed by atoms with Gasteiger partial charge in [0.25, 0.3) is 5.56 Å². The maximum atomic E-state index is 12.6. The molecule has 0 aliphatic rings. The molecule has 0 saturated carbocycles. The van der Waals surface area contributed by atoms with E-state index in [9.17, 15) is 14.4 Å². The van der Waals surface area contributed by atoms with Crippen molar-refractivity contribution in [2.45, 2.75) is 46.1 Å². The zero-order valence-corrected chi connectivity index (χ0v) is 16.4. The van der Waals surface area contributed by atoms with Crippen molar-refractivity contribution in [1.82, 2.24) is 4.57 Å². The van der Waals surface area contributed by atoms with Crippen LogP contribution in [0.4, 0.5) is 5.69 Å². The Labute approximate surface area is 159 Å². The molecule has 1 N–H and O–H groups in total. The lowest BCUT2D eigenvalue weighted by Gasteiger charge is -2.20. The van der Waals surface area contributed by atoms with Gasteiger partial charge in [0.1, 0.15) is 6.54 Å². The number of amides is 1. The van der Waals surface area contributed by atoms with Gasteiger partial charge < -0.3 is 14.6 Å². The highest BCUT2D eigenvalue weighted by Crippen LogP contribution is 2.32. The molecule has 0 radical (unpaired) electrons. The van der Waals surface area contributed by atoms with E-state index in [4.69, 9.17) is 0 Å². The fourth-order valence-electron chi connectivity index (χ4n) is 2.92. The molecule has 6 nitrogen and oxygen atoms in total. The molecule has 0 aliphatic carbocycles. The highest BCUT2D eigenvalue weighted by Gasteiger charge is 2.17. The third-order valence-corrected chi connectivity index (χ3v) is 4.36. The first-order chi connectivity index (χ1) is 12.7. The highest BCUT2D eigenvalue weighted by atomic mass is 16.5. The van der Waals surface area contributed by atoms with E-state index in [1.807, 2.05) is 18.2 Å². The van der Waals surface area contributed by atoms with Crippen molar-refractivity contribution in [2.24, 2.45) is 0 Å². The van der Waals surface area contributed by atoms with Gasteiger partial charge in [-0.05, 0) is 29.0 Å². The predicted molar refractivity (Wildman–Crippen MR) is 105 cm³/mol. The minimum Gasteiger partial charge on any atom is -0.465 e. The smallest absolute Gasteiger partial charge is 0.339 e. The van der Waals surface area contributed by atoms with Gasteiger partial charge in [-0.15, -0.1) is 0 Å². The van der Waals surface area contributed by atoms with Crippen LogP contribution in [0, 0.1) is 0 Å². The number of carbonyl (C=O) groups is 2. The summed E-state index contributed by atoms with van der Waals surface area (Å²) in [6, 6.07) is 8.62. The molecule has 0 atom stereocenters. The first kappa shape index (κ1) is 20.4. The monoisotopic (exact) mass is 370 g/mol. The Morgan fingerprint density at radius 2 is 1.63 bits per heavy atom. The number of anilines is 1. The Balaban J connectivity index is 2.32. The molecule has 2 aromatic rings. The van der Waals surface area contributed by atoms with E-state index in [0.29, 0.717) is 0 Å². The SMILES string of the molecule is COC(=O)c1ccc(=O)n(CC(=O)Nc2c(C(C)C)cccc2C(C)C)c1. The molecule has 0 bridgehead atoms. The van der Waals surface area contributed by atoms with Crippen molar-refractivity contribution in [3.63, 3.8) is 0 Å². The number of hydrogen-bond acceptors (Lipinski definition) is 4. The molecule has 1 aromatic carbocycles. The van der Waals surface area contributed by atoms with E-state index in [1.165, 1.54) is 30.0 Å². The third-order valence-electron chi connectivity index (χ3n) is 4.36. The number of methoxy groups -OCH3 is 1. The Kier molecular flexibility index (Phi) is 6.55. The van der Waals surface area contributed by atoms with E-state index in [1.54, 1.807) is 0 Å². The number of hydrogen-bond donors (Lipinski definition) is 1. The van der Waals surface area contributed by atoms with Gasteiger partial charge >= 0.3 is 5.97 Å². The summed E-state index contributed by atoms with van der Waals surface area (Å²) >= 11 is 0. The Morgan fingerprint density at radius 3 is 2.15 bits per heavy atom. The van der Waals surface area contributed by atoms with Gasteiger partial charge in [-0.25, -0.2) is 4.79 Å². The zero-order valence-electron chi connectivity index (χ0n) is 16.4. The highest BCUT2D eigenvalue weighted by molar-refractivity contribution is 5.93. The molecule has 6 heteroatoms. The lowest BCUT2D eigenvalue weighted by Crippen LogP contribution is -2.28. The average molecular weight is 370 g/mol. The number of carbonyl (C=O) groups excluding carboxylic acids is 2. The molecule has 0 spiro atoms. The normalized spacial score (nSPS) is 10.9. The predicted octanol–water partition coefficient (Wildman–Crippen LogP) is 3.52. The van der Waals surface area contributed by atoms with Crippen molar-refractivity contribution in [3.8, 4) is 0 Å². The molecule has 0 saturated heterocycles. The summed E-state index contributed by atoms with van der Waals surface area (Å²) in [6.45, 7) is 8.09. The number of aromatic nitrogens is 1. The summed E-state index contributed by atoms with van der Waals surface area (Å²) in [4.78, 5) is 36.4. The first-order valence-electron chi connectivity index (χ1n) is 8.96. The van der Waals surface area contributed by atoms with E-state index in [0.717, 1.165) is 16.8 Å². The molecule has 1 heterocycles. The van der Waals surface area contributed by atoms with Gasteiger partial charge in [0.05, 0.1) is 12.7 Å². The van der Waals surface area contributed by atoms with Crippen LogP contribution in [0.25, 0.3) is 0 Å². The summed E-state index contributed by atoms with van der Waals surface area (Å²) in [7, 11) is 1.26. The molecule has 0 fully saturated rings. The van der Waals surface area contributed by atoms with E-state index in [2.05, 4.69) is 37.7 Å². The van der Waals surface area contributed by atoms with Gasteiger partial charge in [-0.1, -0.05) is 45.9 Å². The van der Waals surface area contributed by atoms with Gasteiger partial charge in [0.15, 0.2) is 0 Å². The number of esters is 1. The van der Waals surface area contributed by atoms with Crippen LogP contribution in [0.15, 0.2) is 41.3 Å². The van der Waals surface area contributed by atoms with Crippen molar-refractivity contribution >= 4 is 17.6 Å². The van der Waals surface area contributed by atoms with Crippen LogP contribution in [-0.4, -0.2) is 23.6 Å². The molecular formula is C21H26N2O4. The van der Waals surface area contributed by atoms with Crippen LogP contribution < -0.4 is 10.9 Å². The molecule has 1 aromatic heterocycles. The van der Waals surface area contributed by atoms with Crippen molar-refractivity contribution < 1.29 is 14.3 Å². The molecular weight excluding hydrogens is 344 g/mol. The fourth-order valence-corrected chi connectivity index (χ4v) is 2.92. The summed E-state index contributed by atoms with van der Waals surface area (Å²) in [5.74, 6) is -0.403. The maximum absolute atomic E-state index is 12.6. The summed E-state index contributed by atoms with van der Waals surface area (Å²) in [6.07, 6.45) is 1.34. The molecule has 1 amide bonds. The van der Waals surface area contributed by atoms with Crippen LogP contribution in [0.2, 0.25) is 0 Å². The lowest BCUT2D eigenvalue weighted by atomic mass is 9.92. The number of nitrogens with zero attached hydrogens (tertiary/aromatic N) is 1. The van der Waals surface area contributed by atoms with Crippen molar-refractivity contribution in [1.29, 1.82) is 0 Å². The summed E-state index contributed by atoms with van der Waals surface area (Å²) in [5.41, 5.74) is 2.74. The van der Waals surface area contributed by atoms with Gasteiger partial charge in [-0.2, -0.15) is 0 Å². The molecule has 0 aliphatic heterocycles. The number of nitrogens with one attached hydrogen (secondary N) is 1. The van der Waals surface area contributed by atoms with Gasteiger partial charge in [0.2, 0.25) is 5.91 Å². The second-order valence-corrected chi connectivity index (χ2v) is 7.04. The van der Waals surface area contributed by atoms with Gasteiger partial charge in [-0.3, -0.25) is 9.59 Å². The number of pyridine rings is 1. The molecule has 2 rings (SSSR count). The topological polar surface area (TPSA) is 77.4 Å².